The van der Waals surface area contributed by atoms with Crippen molar-refractivity contribution in [2.24, 2.45) is 22.7 Å². The third-order valence-corrected chi connectivity index (χ3v) is 5.40. The predicted molar refractivity (Wildman–Crippen MR) is 67.5 cm³/mol. The van der Waals surface area contributed by atoms with Crippen molar-refractivity contribution in [3.8, 4) is 0 Å². The topological polar surface area (TPSA) is 21.3 Å². The van der Waals surface area contributed by atoms with Gasteiger partial charge in [0.05, 0.1) is 6.61 Å². The van der Waals surface area contributed by atoms with Gasteiger partial charge >= 0.3 is 0 Å². The van der Waals surface area contributed by atoms with Crippen molar-refractivity contribution in [1.29, 1.82) is 0 Å². The summed E-state index contributed by atoms with van der Waals surface area (Å²) in [6, 6.07) is 0. The van der Waals surface area contributed by atoms with E-state index in [0.717, 1.165) is 25.0 Å². The van der Waals surface area contributed by atoms with Gasteiger partial charge in [-0.1, -0.05) is 20.8 Å². The average Bonchev–Trinajstić information content (AvgIpc) is 2.68. The molecule has 2 bridgehead atoms. The Morgan fingerprint density at radius 2 is 2.06 bits per heavy atom. The summed E-state index contributed by atoms with van der Waals surface area (Å²) in [5.74, 6) is 1.81. The van der Waals surface area contributed by atoms with Gasteiger partial charge in [0.1, 0.15) is 0 Å². The van der Waals surface area contributed by atoms with E-state index in [9.17, 15) is 0 Å². The molecule has 0 spiro atoms. The first-order valence-corrected chi connectivity index (χ1v) is 6.70. The standard InChI is InChI=1S/C14H27NO/c1-13(2)11-5-6-14(3,9-11)12(13)10-15-7-8-16-4/h11-12,15H,5-10H2,1-4H3. The molecule has 2 nitrogen and oxygen atoms in total. The third kappa shape index (κ3) is 1.91. The molecule has 0 aliphatic heterocycles. The molecule has 3 unspecified atom stereocenters. The number of nitrogens with one attached hydrogen (secondary N) is 1. The molecule has 3 atom stereocenters. The van der Waals surface area contributed by atoms with E-state index in [-0.39, 0.29) is 0 Å². The van der Waals surface area contributed by atoms with Crippen molar-refractivity contribution >= 4 is 0 Å². The summed E-state index contributed by atoms with van der Waals surface area (Å²) in [6.07, 6.45) is 4.35. The summed E-state index contributed by atoms with van der Waals surface area (Å²) < 4.78 is 5.08. The van der Waals surface area contributed by atoms with Crippen molar-refractivity contribution in [1.82, 2.24) is 5.32 Å². The third-order valence-electron chi connectivity index (χ3n) is 5.40. The first-order valence-electron chi connectivity index (χ1n) is 6.70. The molecule has 0 heterocycles. The fourth-order valence-electron chi connectivity index (χ4n) is 4.34. The van der Waals surface area contributed by atoms with Crippen molar-refractivity contribution < 1.29 is 4.74 Å². The van der Waals surface area contributed by atoms with Crippen LogP contribution in [0.2, 0.25) is 0 Å². The van der Waals surface area contributed by atoms with Crippen LogP contribution in [0.5, 0.6) is 0 Å². The maximum Gasteiger partial charge on any atom is 0.0587 e. The van der Waals surface area contributed by atoms with Crippen LogP contribution in [-0.2, 0) is 4.74 Å². The van der Waals surface area contributed by atoms with Crippen LogP contribution in [0.15, 0.2) is 0 Å². The Hall–Kier alpha value is -0.0800. The fraction of sp³-hybridized carbons (Fsp3) is 1.00. The molecule has 2 aliphatic rings. The molecule has 0 amide bonds. The predicted octanol–water partition coefficient (Wildman–Crippen LogP) is 2.68. The Bertz CT molecular complexity index is 246. The van der Waals surface area contributed by atoms with Gasteiger partial charge in [-0.15, -0.1) is 0 Å². The Balaban J connectivity index is 1.92. The second kappa shape index (κ2) is 4.30. The molecule has 0 aromatic carbocycles. The van der Waals surface area contributed by atoms with Gasteiger partial charge in [0.25, 0.3) is 0 Å². The average molecular weight is 225 g/mol. The molecular formula is C14H27NO. The van der Waals surface area contributed by atoms with E-state index in [1.54, 1.807) is 7.11 Å². The molecule has 2 heteroatoms. The lowest BCUT2D eigenvalue weighted by atomic mass is 9.64. The van der Waals surface area contributed by atoms with Crippen molar-refractivity contribution in [3.05, 3.63) is 0 Å². The zero-order valence-electron chi connectivity index (χ0n) is 11.3. The molecular weight excluding hydrogens is 198 g/mol. The Morgan fingerprint density at radius 3 is 2.62 bits per heavy atom. The van der Waals surface area contributed by atoms with Crippen LogP contribution in [0, 0.1) is 22.7 Å². The normalized spacial score (nSPS) is 40.5. The van der Waals surface area contributed by atoms with E-state index in [2.05, 4.69) is 26.1 Å². The largest absolute Gasteiger partial charge is 0.383 e. The van der Waals surface area contributed by atoms with E-state index in [4.69, 9.17) is 4.74 Å². The van der Waals surface area contributed by atoms with E-state index in [1.165, 1.54) is 25.8 Å². The minimum absolute atomic E-state index is 0.535. The first-order chi connectivity index (χ1) is 7.50. The molecule has 0 aromatic rings. The number of ether oxygens (including phenoxy) is 1. The smallest absolute Gasteiger partial charge is 0.0587 e. The summed E-state index contributed by atoms with van der Waals surface area (Å²) >= 11 is 0. The van der Waals surface area contributed by atoms with Crippen LogP contribution in [0.3, 0.4) is 0 Å². The summed E-state index contributed by atoms with van der Waals surface area (Å²) in [5, 5.41) is 3.57. The highest BCUT2D eigenvalue weighted by molar-refractivity contribution is 5.08. The van der Waals surface area contributed by atoms with Crippen LogP contribution in [0.1, 0.15) is 40.0 Å². The molecule has 0 radical (unpaired) electrons. The molecule has 0 aromatic heterocycles. The molecule has 1 N–H and O–H groups in total. The summed E-state index contributed by atoms with van der Waals surface area (Å²) in [7, 11) is 1.77. The van der Waals surface area contributed by atoms with Gasteiger partial charge in [-0.05, 0) is 48.5 Å². The molecule has 2 aliphatic carbocycles. The zero-order chi connectivity index (χ0) is 11.8. The number of hydrogen-bond acceptors (Lipinski definition) is 2. The van der Waals surface area contributed by atoms with E-state index in [0.29, 0.717) is 10.8 Å². The van der Waals surface area contributed by atoms with Crippen LogP contribution >= 0.6 is 0 Å². The minimum Gasteiger partial charge on any atom is -0.383 e. The van der Waals surface area contributed by atoms with Crippen molar-refractivity contribution in [2.75, 3.05) is 26.8 Å². The molecule has 2 saturated carbocycles. The molecule has 16 heavy (non-hydrogen) atoms. The van der Waals surface area contributed by atoms with E-state index < -0.39 is 0 Å². The van der Waals surface area contributed by atoms with Gasteiger partial charge in [0, 0.05) is 13.7 Å². The maximum absolute atomic E-state index is 5.08. The monoisotopic (exact) mass is 225 g/mol. The van der Waals surface area contributed by atoms with Crippen LogP contribution in [0.25, 0.3) is 0 Å². The van der Waals surface area contributed by atoms with Gasteiger partial charge in [-0.25, -0.2) is 0 Å². The molecule has 0 saturated heterocycles. The van der Waals surface area contributed by atoms with Gasteiger partial charge in [0.15, 0.2) is 0 Å². The minimum atomic E-state index is 0.535. The zero-order valence-corrected chi connectivity index (χ0v) is 11.3. The summed E-state index contributed by atoms with van der Waals surface area (Å²) in [5.41, 5.74) is 1.14. The lowest BCUT2D eigenvalue weighted by Crippen LogP contribution is -2.42. The fourth-order valence-corrected chi connectivity index (χ4v) is 4.34. The van der Waals surface area contributed by atoms with Gasteiger partial charge in [-0.3, -0.25) is 0 Å². The van der Waals surface area contributed by atoms with Gasteiger partial charge in [-0.2, -0.15) is 0 Å². The van der Waals surface area contributed by atoms with Crippen molar-refractivity contribution in [2.45, 2.75) is 40.0 Å². The van der Waals surface area contributed by atoms with Crippen molar-refractivity contribution in [3.63, 3.8) is 0 Å². The molecule has 2 fully saturated rings. The quantitative estimate of drug-likeness (QED) is 0.726. The lowest BCUT2D eigenvalue weighted by Gasteiger charge is -2.43. The highest BCUT2D eigenvalue weighted by Gasteiger charge is 2.58. The number of methoxy groups -OCH3 is 1. The Labute approximate surface area is 100 Å². The van der Waals surface area contributed by atoms with E-state index >= 15 is 0 Å². The first kappa shape index (κ1) is 12.4. The lowest BCUT2D eigenvalue weighted by molar-refractivity contribution is 0.0721. The summed E-state index contributed by atoms with van der Waals surface area (Å²) in [4.78, 5) is 0. The van der Waals surface area contributed by atoms with Crippen LogP contribution < -0.4 is 5.32 Å². The van der Waals surface area contributed by atoms with Crippen LogP contribution in [0.4, 0.5) is 0 Å². The van der Waals surface area contributed by atoms with Crippen LogP contribution in [-0.4, -0.2) is 26.8 Å². The number of rotatable bonds is 5. The highest BCUT2D eigenvalue weighted by atomic mass is 16.5. The molecule has 94 valence electrons. The number of fused-ring (bicyclic) bond motifs is 2. The summed E-state index contributed by atoms with van der Waals surface area (Å²) in [6.45, 7) is 10.4. The second-order valence-corrected chi connectivity index (χ2v) is 6.66. The van der Waals surface area contributed by atoms with E-state index in [1.807, 2.05) is 0 Å². The SMILES string of the molecule is COCCNCC1C2(C)CCC(C2)C1(C)C. The Kier molecular flexibility index (Phi) is 3.33. The Morgan fingerprint density at radius 1 is 1.31 bits per heavy atom. The highest BCUT2D eigenvalue weighted by Crippen LogP contribution is 2.65. The maximum atomic E-state index is 5.08. The second-order valence-electron chi connectivity index (χ2n) is 6.66. The van der Waals surface area contributed by atoms with Gasteiger partial charge in [0.2, 0.25) is 0 Å². The van der Waals surface area contributed by atoms with Gasteiger partial charge < -0.3 is 10.1 Å². The molecule has 2 rings (SSSR count). The number of hydrogen-bond donors (Lipinski definition) is 1.